The summed E-state index contributed by atoms with van der Waals surface area (Å²) >= 11 is 1.41. The molecule has 2 aromatic heterocycles. The van der Waals surface area contributed by atoms with E-state index in [1.54, 1.807) is 21.9 Å². The van der Waals surface area contributed by atoms with Crippen LogP contribution in [-0.2, 0) is 6.42 Å². The van der Waals surface area contributed by atoms with Crippen LogP contribution in [0.3, 0.4) is 0 Å². The molecule has 0 aliphatic carbocycles. The molecule has 0 saturated heterocycles. The molecule has 0 radical (unpaired) electrons. The first-order valence-corrected chi connectivity index (χ1v) is 9.13. The topological polar surface area (TPSA) is 46.4 Å². The highest BCUT2D eigenvalue weighted by Crippen LogP contribution is 2.23. The van der Waals surface area contributed by atoms with Crippen LogP contribution < -0.4 is 5.32 Å². The van der Waals surface area contributed by atoms with E-state index in [9.17, 15) is 9.18 Å². The normalized spacial score (nSPS) is 11.0. The van der Waals surface area contributed by atoms with Crippen LogP contribution in [0.25, 0.3) is 16.2 Å². The van der Waals surface area contributed by atoms with Crippen molar-refractivity contribution >= 4 is 22.2 Å². The maximum Gasteiger partial charge on any atom is 0.269 e. The molecular weight excluding hydrogens is 349 g/mol. The molecule has 4 rings (SSSR count). The van der Waals surface area contributed by atoms with Gasteiger partial charge in [-0.05, 0) is 36.2 Å². The summed E-state index contributed by atoms with van der Waals surface area (Å²) in [6.45, 7) is 0.569. The third-order valence-corrected chi connectivity index (χ3v) is 4.96. The highest BCUT2D eigenvalue weighted by Gasteiger charge is 2.15. The van der Waals surface area contributed by atoms with Crippen LogP contribution in [0.4, 0.5) is 4.39 Å². The number of carbonyl (C=O) groups is 1. The maximum absolute atomic E-state index is 13.1. The van der Waals surface area contributed by atoms with Crippen LogP contribution in [0.5, 0.6) is 0 Å². The molecule has 0 unspecified atom stereocenters. The predicted molar refractivity (Wildman–Crippen MR) is 101 cm³/mol. The largest absolute Gasteiger partial charge is 0.350 e. The third kappa shape index (κ3) is 3.36. The first-order valence-electron chi connectivity index (χ1n) is 8.25. The first kappa shape index (κ1) is 16.5. The number of carbonyl (C=O) groups excluding carboxylic acids is 1. The number of imidazole rings is 1. The number of rotatable bonds is 5. The summed E-state index contributed by atoms with van der Waals surface area (Å²) in [5.41, 5.74) is 3.27. The van der Waals surface area contributed by atoms with Crippen molar-refractivity contribution in [2.45, 2.75) is 6.42 Å². The smallest absolute Gasteiger partial charge is 0.269 e. The van der Waals surface area contributed by atoms with E-state index in [1.807, 2.05) is 36.5 Å². The molecule has 0 fully saturated rings. The summed E-state index contributed by atoms with van der Waals surface area (Å²) in [7, 11) is 0. The zero-order valence-electron chi connectivity index (χ0n) is 13.9. The van der Waals surface area contributed by atoms with E-state index in [1.165, 1.54) is 29.0 Å². The number of halogens is 1. The van der Waals surface area contributed by atoms with Gasteiger partial charge < -0.3 is 5.32 Å². The Morgan fingerprint density at radius 1 is 1.12 bits per heavy atom. The minimum atomic E-state index is -0.284. The number of aromatic nitrogens is 2. The molecule has 2 heterocycles. The number of fused-ring (bicyclic) bond motifs is 1. The zero-order valence-corrected chi connectivity index (χ0v) is 14.7. The van der Waals surface area contributed by atoms with Gasteiger partial charge in [-0.15, -0.1) is 11.3 Å². The summed E-state index contributed by atoms with van der Waals surface area (Å²) in [6.07, 6.45) is 2.59. The van der Waals surface area contributed by atoms with Crippen LogP contribution in [0.2, 0.25) is 0 Å². The van der Waals surface area contributed by atoms with Gasteiger partial charge in [-0.1, -0.05) is 30.3 Å². The number of benzene rings is 2. The molecule has 1 N–H and O–H groups in total. The number of amides is 1. The van der Waals surface area contributed by atoms with E-state index in [2.05, 4.69) is 10.3 Å². The van der Waals surface area contributed by atoms with Gasteiger partial charge in [0.05, 0.1) is 5.69 Å². The van der Waals surface area contributed by atoms with E-state index < -0.39 is 0 Å². The average molecular weight is 365 g/mol. The van der Waals surface area contributed by atoms with E-state index >= 15 is 0 Å². The number of thiazole rings is 1. The van der Waals surface area contributed by atoms with Gasteiger partial charge in [-0.25, -0.2) is 9.37 Å². The molecule has 6 heteroatoms. The van der Waals surface area contributed by atoms with Crippen LogP contribution in [0.15, 0.2) is 66.2 Å². The van der Waals surface area contributed by atoms with E-state index in [0.717, 1.165) is 22.6 Å². The fourth-order valence-corrected chi connectivity index (χ4v) is 3.62. The van der Waals surface area contributed by atoms with Gasteiger partial charge in [0.25, 0.3) is 5.91 Å². The maximum atomic E-state index is 13.1. The second-order valence-electron chi connectivity index (χ2n) is 5.90. The van der Waals surface area contributed by atoms with Crippen molar-refractivity contribution in [2.24, 2.45) is 0 Å². The van der Waals surface area contributed by atoms with E-state index in [4.69, 9.17) is 0 Å². The summed E-state index contributed by atoms with van der Waals surface area (Å²) in [5, 5.41) is 4.75. The minimum absolute atomic E-state index is 0.129. The molecule has 0 aliphatic heterocycles. The molecule has 4 nitrogen and oxygen atoms in total. The van der Waals surface area contributed by atoms with Gasteiger partial charge in [0.15, 0.2) is 4.96 Å². The summed E-state index contributed by atoms with van der Waals surface area (Å²) < 4.78 is 14.9. The Hall–Kier alpha value is -2.99. The number of hydrogen-bond acceptors (Lipinski definition) is 3. The van der Waals surface area contributed by atoms with Crippen LogP contribution in [0, 0.1) is 5.82 Å². The first-order chi connectivity index (χ1) is 12.7. The fraction of sp³-hybridized carbons (Fsp3) is 0.100. The Morgan fingerprint density at radius 2 is 1.88 bits per heavy atom. The molecule has 2 aromatic carbocycles. The van der Waals surface area contributed by atoms with Gasteiger partial charge in [0.2, 0.25) is 0 Å². The Kier molecular flexibility index (Phi) is 4.50. The highest BCUT2D eigenvalue weighted by atomic mass is 32.1. The van der Waals surface area contributed by atoms with Crippen molar-refractivity contribution in [2.75, 3.05) is 6.54 Å². The number of nitrogens with one attached hydrogen (secondary N) is 1. The number of nitrogens with zero attached hydrogens (tertiary/aromatic N) is 2. The molecule has 0 spiro atoms. The van der Waals surface area contributed by atoms with Gasteiger partial charge in [-0.2, -0.15) is 0 Å². The molecule has 0 atom stereocenters. The lowest BCUT2D eigenvalue weighted by atomic mass is 10.1. The Balaban J connectivity index is 1.49. The van der Waals surface area contributed by atoms with Gasteiger partial charge in [0, 0.05) is 23.7 Å². The lowest BCUT2D eigenvalue weighted by Gasteiger charge is -2.04. The zero-order chi connectivity index (χ0) is 17.9. The highest BCUT2D eigenvalue weighted by molar-refractivity contribution is 7.15. The Bertz CT molecular complexity index is 1040. The molecule has 0 saturated carbocycles. The lowest BCUT2D eigenvalue weighted by molar-refractivity contribution is 0.0948. The second-order valence-corrected chi connectivity index (χ2v) is 6.73. The molecule has 0 aliphatic rings. The van der Waals surface area contributed by atoms with Crippen molar-refractivity contribution in [3.8, 4) is 11.3 Å². The average Bonchev–Trinajstić information content (AvgIpc) is 3.24. The van der Waals surface area contributed by atoms with Crippen molar-refractivity contribution in [1.29, 1.82) is 0 Å². The van der Waals surface area contributed by atoms with Gasteiger partial charge in [-0.3, -0.25) is 9.20 Å². The molecule has 26 heavy (non-hydrogen) atoms. The monoisotopic (exact) mass is 365 g/mol. The van der Waals surface area contributed by atoms with Crippen molar-refractivity contribution in [3.05, 3.63) is 83.2 Å². The SMILES string of the molecule is O=C(NCCc1ccccc1)c1csc2nc(-c3ccc(F)cc3)cn12. The summed E-state index contributed by atoms with van der Waals surface area (Å²) in [6, 6.07) is 16.2. The summed E-state index contributed by atoms with van der Waals surface area (Å²) in [5.74, 6) is -0.413. The lowest BCUT2D eigenvalue weighted by Crippen LogP contribution is -2.26. The number of hydrogen-bond donors (Lipinski definition) is 1. The molecular formula is C20H16FN3OS. The van der Waals surface area contributed by atoms with Crippen molar-refractivity contribution < 1.29 is 9.18 Å². The minimum Gasteiger partial charge on any atom is -0.350 e. The van der Waals surface area contributed by atoms with E-state index in [0.29, 0.717) is 12.2 Å². The second kappa shape index (κ2) is 7.09. The predicted octanol–water partition coefficient (Wildman–Crippen LogP) is 4.17. The standard InChI is InChI=1S/C20H16FN3OS/c21-16-8-6-15(7-9-16)17-12-24-18(13-26-20(24)23-17)19(25)22-11-10-14-4-2-1-3-5-14/h1-9,12-13H,10-11H2,(H,22,25). The third-order valence-electron chi connectivity index (χ3n) is 4.12. The molecule has 1 amide bonds. The molecule has 4 aromatic rings. The van der Waals surface area contributed by atoms with Gasteiger partial charge >= 0.3 is 0 Å². The van der Waals surface area contributed by atoms with Crippen LogP contribution in [0.1, 0.15) is 16.1 Å². The van der Waals surface area contributed by atoms with Crippen LogP contribution >= 0.6 is 11.3 Å². The van der Waals surface area contributed by atoms with E-state index in [-0.39, 0.29) is 11.7 Å². The quantitative estimate of drug-likeness (QED) is 0.577. The van der Waals surface area contributed by atoms with Crippen molar-refractivity contribution in [1.82, 2.24) is 14.7 Å². The van der Waals surface area contributed by atoms with Crippen LogP contribution in [-0.4, -0.2) is 21.8 Å². The Labute approximate surface area is 153 Å². The van der Waals surface area contributed by atoms with Gasteiger partial charge in [0.1, 0.15) is 11.5 Å². The fourth-order valence-electron chi connectivity index (χ4n) is 2.76. The van der Waals surface area contributed by atoms with Crippen molar-refractivity contribution in [3.63, 3.8) is 0 Å². The molecule has 130 valence electrons. The Morgan fingerprint density at radius 3 is 2.65 bits per heavy atom. The molecule has 0 bridgehead atoms. The summed E-state index contributed by atoms with van der Waals surface area (Å²) in [4.78, 5) is 17.8.